The molecule has 0 atom stereocenters. The maximum atomic E-state index is 11.1. The molecule has 4 heteroatoms. The van der Waals surface area contributed by atoms with Gasteiger partial charge in [0.2, 0.25) is 0 Å². The summed E-state index contributed by atoms with van der Waals surface area (Å²) in [6.07, 6.45) is 0. The summed E-state index contributed by atoms with van der Waals surface area (Å²) >= 11 is 0. The summed E-state index contributed by atoms with van der Waals surface area (Å²) in [6.45, 7) is 8.39. The molecular formula is C13H19N3O. The molecule has 0 bridgehead atoms. The van der Waals surface area contributed by atoms with Gasteiger partial charge in [0, 0.05) is 13.1 Å². The monoisotopic (exact) mass is 233 g/mol. The van der Waals surface area contributed by atoms with E-state index in [4.69, 9.17) is 0 Å². The maximum absolute atomic E-state index is 11.1. The minimum atomic E-state index is -0.153. The number of imidazole rings is 1. The number of hydrogen-bond donors (Lipinski definition) is 3. The topological polar surface area (TPSA) is 60.7 Å². The van der Waals surface area contributed by atoms with Crippen molar-refractivity contribution >= 4 is 11.0 Å². The fourth-order valence-corrected chi connectivity index (χ4v) is 1.77. The zero-order valence-electron chi connectivity index (χ0n) is 10.6. The molecule has 3 N–H and O–H groups in total. The number of fused-ring (bicyclic) bond motifs is 1. The van der Waals surface area contributed by atoms with Crippen LogP contribution in [0.5, 0.6) is 0 Å². The second-order valence-electron chi connectivity index (χ2n) is 5.62. The summed E-state index contributed by atoms with van der Waals surface area (Å²) in [7, 11) is 0. The van der Waals surface area contributed by atoms with Crippen molar-refractivity contribution in [2.45, 2.75) is 27.3 Å². The molecule has 0 spiro atoms. The van der Waals surface area contributed by atoms with Gasteiger partial charge in [0.15, 0.2) is 0 Å². The van der Waals surface area contributed by atoms with E-state index in [9.17, 15) is 4.79 Å². The summed E-state index contributed by atoms with van der Waals surface area (Å²) in [5.41, 5.74) is 3.03. The van der Waals surface area contributed by atoms with Gasteiger partial charge in [0.1, 0.15) is 0 Å². The Kier molecular flexibility index (Phi) is 3.07. The molecule has 0 saturated carbocycles. The van der Waals surface area contributed by atoms with E-state index in [2.05, 4.69) is 36.1 Å². The highest BCUT2D eigenvalue weighted by atomic mass is 16.1. The zero-order valence-corrected chi connectivity index (χ0v) is 10.6. The number of aromatic amines is 2. The van der Waals surface area contributed by atoms with Gasteiger partial charge in [-0.1, -0.05) is 26.8 Å². The van der Waals surface area contributed by atoms with Crippen LogP contribution in [0.15, 0.2) is 23.0 Å². The number of H-pyrrole nitrogens is 2. The van der Waals surface area contributed by atoms with Gasteiger partial charge in [0.05, 0.1) is 11.0 Å². The van der Waals surface area contributed by atoms with Gasteiger partial charge in [0.25, 0.3) is 0 Å². The lowest BCUT2D eigenvalue weighted by Gasteiger charge is -2.18. The number of aromatic nitrogens is 2. The summed E-state index contributed by atoms with van der Waals surface area (Å²) in [5.74, 6) is 0. The van der Waals surface area contributed by atoms with Crippen molar-refractivity contribution in [2.24, 2.45) is 5.41 Å². The predicted octanol–water partition coefficient (Wildman–Crippen LogP) is 1.99. The van der Waals surface area contributed by atoms with E-state index in [0.29, 0.717) is 0 Å². The van der Waals surface area contributed by atoms with Gasteiger partial charge in [-0.15, -0.1) is 0 Å². The second-order valence-corrected chi connectivity index (χ2v) is 5.62. The highest BCUT2D eigenvalue weighted by molar-refractivity contribution is 5.74. The quantitative estimate of drug-likeness (QED) is 0.759. The van der Waals surface area contributed by atoms with Crippen LogP contribution in [0.3, 0.4) is 0 Å². The fraction of sp³-hybridized carbons (Fsp3) is 0.462. The Morgan fingerprint density at radius 1 is 1.18 bits per heavy atom. The lowest BCUT2D eigenvalue weighted by molar-refractivity contribution is 0.379. The molecule has 0 radical (unpaired) electrons. The first-order valence-corrected chi connectivity index (χ1v) is 5.86. The standard InChI is InChI=1S/C13H19N3O/c1-13(2,3)8-14-7-9-4-5-10-11(6-9)16-12(17)15-10/h4-6,14H,7-8H2,1-3H3,(H2,15,16,17). The van der Waals surface area contributed by atoms with Crippen molar-refractivity contribution in [3.8, 4) is 0 Å². The van der Waals surface area contributed by atoms with Gasteiger partial charge in [-0.3, -0.25) is 0 Å². The molecule has 92 valence electrons. The Balaban J connectivity index is 2.06. The van der Waals surface area contributed by atoms with Crippen LogP contribution in [0.4, 0.5) is 0 Å². The molecular weight excluding hydrogens is 214 g/mol. The average molecular weight is 233 g/mol. The number of benzene rings is 1. The van der Waals surface area contributed by atoms with Gasteiger partial charge in [-0.2, -0.15) is 0 Å². The van der Waals surface area contributed by atoms with Crippen LogP contribution in [-0.4, -0.2) is 16.5 Å². The highest BCUT2D eigenvalue weighted by Gasteiger charge is 2.08. The molecule has 0 saturated heterocycles. The molecule has 1 aromatic carbocycles. The molecule has 1 aromatic heterocycles. The first-order chi connectivity index (χ1) is 7.94. The third kappa shape index (κ3) is 3.20. The Bertz CT molecular complexity index is 560. The first-order valence-electron chi connectivity index (χ1n) is 5.86. The van der Waals surface area contributed by atoms with Crippen LogP contribution in [0.2, 0.25) is 0 Å². The SMILES string of the molecule is CC(C)(C)CNCc1ccc2[nH]c(=O)[nH]c2c1. The predicted molar refractivity (Wildman–Crippen MR) is 70.1 cm³/mol. The van der Waals surface area contributed by atoms with Gasteiger partial charge < -0.3 is 15.3 Å². The summed E-state index contributed by atoms with van der Waals surface area (Å²) in [6, 6.07) is 5.96. The zero-order chi connectivity index (χ0) is 12.5. The van der Waals surface area contributed by atoms with Crippen molar-refractivity contribution in [2.75, 3.05) is 6.54 Å². The second kappa shape index (κ2) is 4.37. The maximum Gasteiger partial charge on any atom is 0.323 e. The molecule has 0 fully saturated rings. The van der Waals surface area contributed by atoms with Crippen molar-refractivity contribution in [3.05, 3.63) is 34.2 Å². The minimum absolute atomic E-state index is 0.153. The molecule has 1 heterocycles. The highest BCUT2D eigenvalue weighted by Crippen LogP contribution is 2.12. The molecule has 0 aliphatic carbocycles. The molecule has 0 aliphatic rings. The van der Waals surface area contributed by atoms with E-state index in [1.165, 1.54) is 5.56 Å². The van der Waals surface area contributed by atoms with Crippen molar-refractivity contribution in [1.29, 1.82) is 0 Å². The van der Waals surface area contributed by atoms with E-state index in [0.717, 1.165) is 24.1 Å². The third-order valence-electron chi connectivity index (χ3n) is 2.56. The van der Waals surface area contributed by atoms with Crippen molar-refractivity contribution < 1.29 is 0 Å². The molecule has 2 rings (SSSR count). The van der Waals surface area contributed by atoms with E-state index in [-0.39, 0.29) is 11.1 Å². The Morgan fingerprint density at radius 2 is 1.88 bits per heavy atom. The van der Waals surface area contributed by atoms with Gasteiger partial charge in [-0.05, 0) is 23.1 Å². The van der Waals surface area contributed by atoms with Crippen LogP contribution in [0, 0.1) is 5.41 Å². The minimum Gasteiger partial charge on any atom is -0.312 e. The molecule has 0 unspecified atom stereocenters. The van der Waals surface area contributed by atoms with Crippen LogP contribution in [0.25, 0.3) is 11.0 Å². The fourth-order valence-electron chi connectivity index (χ4n) is 1.77. The molecule has 4 nitrogen and oxygen atoms in total. The van der Waals surface area contributed by atoms with Crippen LogP contribution < -0.4 is 11.0 Å². The first kappa shape index (κ1) is 11.9. The van der Waals surface area contributed by atoms with E-state index in [1.54, 1.807) is 0 Å². The van der Waals surface area contributed by atoms with E-state index in [1.807, 2.05) is 18.2 Å². The molecule has 0 amide bonds. The van der Waals surface area contributed by atoms with Crippen LogP contribution in [-0.2, 0) is 6.54 Å². The Hall–Kier alpha value is -1.55. The van der Waals surface area contributed by atoms with Crippen molar-refractivity contribution in [3.63, 3.8) is 0 Å². The average Bonchev–Trinajstić information content (AvgIpc) is 2.55. The largest absolute Gasteiger partial charge is 0.323 e. The molecule has 0 aliphatic heterocycles. The third-order valence-corrected chi connectivity index (χ3v) is 2.56. The van der Waals surface area contributed by atoms with E-state index >= 15 is 0 Å². The lowest BCUT2D eigenvalue weighted by atomic mass is 9.97. The van der Waals surface area contributed by atoms with Crippen molar-refractivity contribution in [1.82, 2.24) is 15.3 Å². The van der Waals surface area contributed by atoms with Crippen LogP contribution in [0.1, 0.15) is 26.3 Å². The summed E-state index contributed by atoms with van der Waals surface area (Å²) in [5, 5.41) is 3.41. The Labute approximate surface area is 100 Å². The van der Waals surface area contributed by atoms with Crippen LogP contribution >= 0.6 is 0 Å². The lowest BCUT2D eigenvalue weighted by Crippen LogP contribution is -2.26. The summed E-state index contributed by atoms with van der Waals surface area (Å²) in [4.78, 5) is 16.6. The molecule has 17 heavy (non-hydrogen) atoms. The summed E-state index contributed by atoms with van der Waals surface area (Å²) < 4.78 is 0. The number of nitrogens with one attached hydrogen (secondary N) is 3. The van der Waals surface area contributed by atoms with Gasteiger partial charge in [-0.25, -0.2) is 4.79 Å². The molecule has 2 aromatic rings. The normalized spacial score (nSPS) is 12.2. The van der Waals surface area contributed by atoms with Gasteiger partial charge >= 0.3 is 5.69 Å². The number of hydrogen-bond acceptors (Lipinski definition) is 2. The number of rotatable bonds is 3. The van der Waals surface area contributed by atoms with E-state index < -0.39 is 0 Å². The smallest absolute Gasteiger partial charge is 0.312 e. The Morgan fingerprint density at radius 3 is 2.59 bits per heavy atom.